The molecular weight excluding hydrogens is 394 g/mol. The van der Waals surface area contributed by atoms with Crippen molar-refractivity contribution in [3.05, 3.63) is 63.7 Å². The molecule has 2 aromatic rings. The molecule has 0 radical (unpaired) electrons. The molecule has 0 heterocycles. The Morgan fingerprint density at radius 3 is 2.38 bits per heavy atom. The van der Waals surface area contributed by atoms with Gasteiger partial charge < -0.3 is 5.32 Å². The highest BCUT2D eigenvalue weighted by Crippen LogP contribution is 2.22. The molecule has 29 heavy (non-hydrogen) atoms. The van der Waals surface area contributed by atoms with Crippen LogP contribution in [-0.4, -0.2) is 25.8 Å². The number of nitrogens with zero attached hydrogens (tertiary/aromatic N) is 1. The number of amides is 1. The first-order chi connectivity index (χ1) is 13.8. The number of hydrogen-bond donors (Lipinski definition) is 2. The third-order valence-electron chi connectivity index (χ3n) is 4.49. The molecule has 0 aliphatic heterocycles. The van der Waals surface area contributed by atoms with Crippen LogP contribution in [0.5, 0.6) is 0 Å². The third kappa shape index (κ3) is 6.10. The number of rotatable bonds is 10. The Labute approximate surface area is 170 Å². The van der Waals surface area contributed by atoms with Crippen LogP contribution < -0.4 is 10.0 Å². The molecule has 1 amide bonds. The lowest BCUT2D eigenvalue weighted by Crippen LogP contribution is -2.24. The first kappa shape index (κ1) is 22.5. The van der Waals surface area contributed by atoms with Crippen LogP contribution in [0.2, 0.25) is 0 Å². The summed E-state index contributed by atoms with van der Waals surface area (Å²) < 4.78 is 27.2. The minimum absolute atomic E-state index is 0.109. The Morgan fingerprint density at radius 1 is 1.07 bits per heavy atom. The Bertz CT molecular complexity index is 972. The summed E-state index contributed by atoms with van der Waals surface area (Å²) >= 11 is 0. The molecule has 9 heteroatoms. The molecule has 0 saturated heterocycles. The van der Waals surface area contributed by atoms with Crippen LogP contribution >= 0.6 is 0 Å². The summed E-state index contributed by atoms with van der Waals surface area (Å²) in [5.41, 5.74) is 0.706. The van der Waals surface area contributed by atoms with Gasteiger partial charge in [-0.15, -0.1) is 0 Å². The summed E-state index contributed by atoms with van der Waals surface area (Å²) in [6, 6.07) is 10.1. The number of sulfonamides is 1. The van der Waals surface area contributed by atoms with Gasteiger partial charge in [-0.25, -0.2) is 13.1 Å². The van der Waals surface area contributed by atoms with Gasteiger partial charge in [0.1, 0.15) is 0 Å². The van der Waals surface area contributed by atoms with E-state index in [1.54, 1.807) is 0 Å². The molecule has 0 aromatic heterocycles. The van der Waals surface area contributed by atoms with E-state index in [2.05, 4.69) is 17.0 Å². The average molecular weight is 420 g/mol. The molecule has 156 valence electrons. The van der Waals surface area contributed by atoms with Gasteiger partial charge in [0.2, 0.25) is 10.0 Å². The van der Waals surface area contributed by atoms with Crippen molar-refractivity contribution < 1.29 is 18.1 Å². The number of carbonyl (C=O) groups excluding carboxylic acids is 1. The van der Waals surface area contributed by atoms with Crippen molar-refractivity contribution in [3.63, 3.8) is 0 Å². The van der Waals surface area contributed by atoms with Crippen molar-refractivity contribution in [2.45, 2.75) is 44.4 Å². The minimum Gasteiger partial charge on any atom is -0.322 e. The second-order valence-electron chi connectivity index (χ2n) is 6.64. The summed E-state index contributed by atoms with van der Waals surface area (Å²) in [4.78, 5) is 23.0. The predicted molar refractivity (Wildman–Crippen MR) is 112 cm³/mol. The molecule has 0 aliphatic carbocycles. The minimum atomic E-state index is -3.60. The molecule has 0 aliphatic rings. The Kier molecular flexibility index (Phi) is 7.86. The lowest BCUT2D eigenvalue weighted by molar-refractivity contribution is -0.385. The second-order valence-corrected chi connectivity index (χ2v) is 8.41. The quantitative estimate of drug-likeness (QED) is 0.343. The van der Waals surface area contributed by atoms with Gasteiger partial charge in [0.25, 0.3) is 11.6 Å². The van der Waals surface area contributed by atoms with Crippen LogP contribution in [0.25, 0.3) is 0 Å². The number of nitro benzene ring substituents is 1. The van der Waals surface area contributed by atoms with Gasteiger partial charge >= 0.3 is 0 Å². The Morgan fingerprint density at radius 2 is 1.76 bits per heavy atom. The summed E-state index contributed by atoms with van der Waals surface area (Å²) in [6.45, 7) is 3.98. The highest BCUT2D eigenvalue weighted by atomic mass is 32.2. The summed E-state index contributed by atoms with van der Waals surface area (Å²) in [7, 11) is -3.60. The van der Waals surface area contributed by atoms with E-state index in [-0.39, 0.29) is 21.7 Å². The topological polar surface area (TPSA) is 118 Å². The maximum absolute atomic E-state index is 12.5. The highest BCUT2D eigenvalue weighted by molar-refractivity contribution is 7.89. The lowest BCUT2D eigenvalue weighted by Gasteiger charge is -2.10. The number of carbonyl (C=O) groups is 1. The van der Waals surface area contributed by atoms with E-state index in [1.807, 2.05) is 0 Å². The van der Waals surface area contributed by atoms with Crippen molar-refractivity contribution in [2.24, 2.45) is 0 Å². The van der Waals surface area contributed by atoms with Crippen LogP contribution in [0.4, 0.5) is 11.4 Å². The largest absolute Gasteiger partial charge is 0.322 e. The summed E-state index contributed by atoms with van der Waals surface area (Å²) in [5, 5.41) is 13.7. The van der Waals surface area contributed by atoms with Crippen LogP contribution in [0.1, 0.15) is 48.5 Å². The standard InChI is InChI=1S/C20H25N3O5S/c1-3-4-5-6-14-21-29(27,28)17-12-10-16(11-13-17)22-20(24)18-8-7-9-19(15(18)2)23(25)26/h7-13,21H,3-6,14H2,1-2H3,(H,22,24). The number of hydrogen-bond acceptors (Lipinski definition) is 5. The molecule has 8 nitrogen and oxygen atoms in total. The Hall–Kier alpha value is -2.78. The molecule has 0 saturated carbocycles. The monoisotopic (exact) mass is 419 g/mol. The third-order valence-corrected chi connectivity index (χ3v) is 5.97. The molecule has 0 bridgehead atoms. The zero-order chi connectivity index (χ0) is 21.4. The van der Waals surface area contributed by atoms with Gasteiger partial charge in [-0.05, 0) is 43.7 Å². The van der Waals surface area contributed by atoms with Gasteiger partial charge in [-0.3, -0.25) is 14.9 Å². The van der Waals surface area contributed by atoms with Crippen LogP contribution in [-0.2, 0) is 10.0 Å². The molecule has 0 atom stereocenters. The van der Waals surface area contributed by atoms with Gasteiger partial charge in [-0.2, -0.15) is 0 Å². The number of anilines is 1. The molecule has 2 rings (SSSR count). The van der Waals surface area contributed by atoms with Crippen LogP contribution in [0.15, 0.2) is 47.4 Å². The molecule has 0 unspecified atom stereocenters. The van der Waals surface area contributed by atoms with Crippen LogP contribution in [0.3, 0.4) is 0 Å². The van der Waals surface area contributed by atoms with E-state index in [1.165, 1.54) is 49.4 Å². The molecule has 2 N–H and O–H groups in total. The zero-order valence-electron chi connectivity index (χ0n) is 16.5. The van der Waals surface area contributed by atoms with E-state index >= 15 is 0 Å². The van der Waals surface area contributed by atoms with E-state index < -0.39 is 20.9 Å². The van der Waals surface area contributed by atoms with Crippen LogP contribution in [0, 0.1) is 17.0 Å². The average Bonchev–Trinajstić information content (AvgIpc) is 2.68. The fourth-order valence-corrected chi connectivity index (χ4v) is 3.90. The number of unbranched alkanes of at least 4 members (excludes halogenated alkanes) is 3. The molecular formula is C20H25N3O5S. The molecule has 2 aromatic carbocycles. The fourth-order valence-electron chi connectivity index (χ4n) is 2.82. The number of nitrogens with one attached hydrogen (secondary N) is 2. The van der Waals surface area contributed by atoms with E-state index in [0.29, 0.717) is 12.2 Å². The first-order valence-electron chi connectivity index (χ1n) is 9.41. The number of benzene rings is 2. The lowest BCUT2D eigenvalue weighted by atomic mass is 10.1. The maximum Gasteiger partial charge on any atom is 0.273 e. The van der Waals surface area contributed by atoms with Gasteiger partial charge in [0.15, 0.2) is 0 Å². The number of nitro groups is 1. The van der Waals surface area contributed by atoms with Gasteiger partial charge in [0.05, 0.1) is 9.82 Å². The summed E-state index contributed by atoms with van der Waals surface area (Å²) in [6.07, 6.45) is 3.90. The van der Waals surface area contributed by atoms with E-state index in [4.69, 9.17) is 0 Å². The van der Waals surface area contributed by atoms with Crippen molar-refractivity contribution >= 4 is 27.3 Å². The van der Waals surface area contributed by atoms with E-state index in [9.17, 15) is 23.3 Å². The normalized spacial score (nSPS) is 11.2. The van der Waals surface area contributed by atoms with Crippen molar-refractivity contribution in [1.82, 2.24) is 4.72 Å². The predicted octanol–water partition coefficient (Wildman–Crippen LogP) is 4.01. The van der Waals surface area contributed by atoms with Crippen molar-refractivity contribution in [1.29, 1.82) is 0 Å². The SMILES string of the molecule is CCCCCCNS(=O)(=O)c1ccc(NC(=O)c2cccc([N+](=O)[O-])c2C)cc1. The molecule has 0 spiro atoms. The second kappa shape index (κ2) is 10.1. The zero-order valence-corrected chi connectivity index (χ0v) is 17.3. The molecule has 0 fully saturated rings. The van der Waals surface area contributed by atoms with Crippen molar-refractivity contribution in [3.8, 4) is 0 Å². The first-order valence-corrected chi connectivity index (χ1v) is 10.9. The fraction of sp³-hybridized carbons (Fsp3) is 0.350. The summed E-state index contributed by atoms with van der Waals surface area (Å²) in [5.74, 6) is -0.504. The smallest absolute Gasteiger partial charge is 0.273 e. The highest BCUT2D eigenvalue weighted by Gasteiger charge is 2.18. The van der Waals surface area contributed by atoms with E-state index in [0.717, 1.165) is 25.7 Å². The maximum atomic E-state index is 12.5. The van der Waals surface area contributed by atoms with Crippen molar-refractivity contribution in [2.75, 3.05) is 11.9 Å². The Balaban J connectivity index is 2.04. The van der Waals surface area contributed by atoms with Gasteiger partial charge in [0, 0.05) is 29.4 Å². The van der Waals surface area contributed by atoms with Gasteiger partial charge in [-0.1, -0.05) is 32.3 Å².